The van der Waals surface area contributed by atoms with Gasteiger partial charge in [0.15, 0.2) is 0 Å². The van der Waals surface area contributed by atoms with Crippen molar-refractivity contribution >= 4 is 17.6 Å². The number of esters is 1. The molecule has 1 aliphatic heterocycles. The van der Waals surface area contributed by atoms with E-state index in [1.807, 2.05) is 0 Å². The maximum absolute atomic E-state index is 12.6. The molecule has 130 valence electrons. The SMILES string of the molecule is CCOC(=O)C1=C(C)Oc2nc(C)[nH]c(=O)c2C1c1ccc(Cl)cc1. The van der Waals surface area contributed by atoms with E-state index in [1.165, 1.54) is 0 Å². The number of H-pyrrole nitrogens is 1. The van der Waals surface area contributed by atoms with Gasteiger partial charge in [-0.3, -0.25) is 4.79 Å². The number of aryl methyl sites for hydroxylation is 1. The monoisotopic (exact) mass is 360 g/mol. The molecule has 0 amide bonds. The average Bonchev–Trinajstić information content (AvgIpc) is 2.54. The van der Waals surface area contributed by atoms with Crippen molar-refractivity contribution in [2.24, 2.45) is 0 Å². The summed E-state index contributed by atoms with van der Waals surface area (Å²) in [6.45, 7) is 5.28. The number of halogens is 1. The Balaban J connectivity index is 2.26. The van der Waals surface area contributed by atoms with Crippen molar-refractivity contribution in [3.05, 3.63) is 67.9 Å². The van der Waals surface area contributed by atoms with Crippen LogP contribution in [0.1, 0.15) is 36.7 Å². The number of allylic oxidation sites excluding steroid dienone is 1. The molecule has 0 fully saturated rings. The molecule has 2 aromatic rings. The molecule has 3 rings (SSSR count). The first-order chi connectivity index (χ1) is 11.9. The zero-order valence-corrected chi connectivity index (χ0v) is 14.8. The van der Waals surface area contributed by atoms with E-state index in [0.717, 1.165) is 5.56 Å². The molecule has 1 N–H and O–H groups in total. The highest BCUT2D eigenvalue weighted by Gasteiger charge is 2.37. The third-order valence-electron chi connectivity index (χ3n) is 3.94. The van der Waals surface area contributed by atoms with Gasteiger partial charge in [-0.1, -0.05) is 23.7 Å². The van der Waals surface area contributed by atoms with E-state index >= 15 is 0 Å². The van der Waals surface area contributed by atoms with Crippen molar-refractivity contribution in [2.45, 2.75) is 26.7 Å². The second-order valence-electron chi connectivity index (χ2n) is 5.65. The molecule has 0 saturated heterocycles. The third kappa shape index (κ3) is 3.17. The molecule has 0 bridgehead atoms. The molecule has 0 aliphatic carbocycles. The molecule has 1 unspecified atom stereocenters. The normalized spacial score (nSPS) is 16.2. The number of fused-ring (bicyclic) bond motifs is 1. The van der Waals surface area contributed by atoms with E-state index in [0.29, 0.717) is 16.6 Å². The lowest BCUT2D eigenvalue weighted by atomic mass is 9.83. The maximum atomic E-state index is 12.6. The van der Waals surface area contributed by atoms with Crippen molar-refractivity contribution in [2.75, 3.05) is 6.61 Å². The fourth-order valence-corrected chi connectivity index (χ4v) is 3.03. The summed E-state index contributed by atoms with van der Waals surface area (Å²) in [4.78, 5) is 32.1. The number of nitrogens with zero attached hydrogens (tertiary/aromatic N) is 1. The number of hydrogen-bond donors (Lipinski definition) is 1. The van der Waals surface area contributed by atoms with E-state index < -0.39 is 11.9 Å². The molecule has 0 spiro atoms. The second-order valence-corrected chi connectivity index (χ2v) is 6.08. The summed E-state index contributed by atoms with van der Waals surface area (Å²) in [5.74, 6) is -0.163. The predicted molar refractivity (Wildman–Crippen MR) is 92.9 cm³/mol. The van der Waals surface area contributed by atoms with Gasteiger partial charge in [-0.05, 0) is 38.5 Å². The van der Waals surface area contributed by atoms with Crippen LogP contribution in [0.4, 0.5) is 0 Å². The fourth-order valence-electron chi connectivity index (χ4n) is 2.91. The van der Waals surface area contributed by atoms with E-state index in [-0.39, 0.29) is 29.2 Å². The van der Waals surface area contributed by atoms with Crippen LogP contribution in [-0.4, -0.2) is 22.5 Å². The summed E-state index contributed by atoms with van der Waals surface area (Å²) < 4.78 is 10.8. The maximum Gasteiger partial charge on any atom is 0.338 e. The largest absolute Gasteiger partial charge is 0.463 e. The first-order valence-corrected chi connectivity index (χ1v) is 8.22. The molecule has 1 aromatic heterocycles. The first kappa shape index (κ1) is 17.2. The van der Waals surface area contributed by atoms with Crippen LogP contribution in [0.5, 0.6) is 5.88 Å². The zero-order chi connectivity index (χ0) is 18.1. The molecular formula is C18H17ClN2O4. The molecule has 25 heavy (non-hydrogen) atoms. The lowest BCUT2D eigenvalue weighted by molar-refractivity contribution is -0.139. The molecule has 2 heterocycles. The lowest BCUT2D eigenvalue weighted by Gasteiger charge is -2.27. The molecule has 1 aliphatic rings. The highest BCUT2D eigenvalue weighted by atomic mass is 35.5. The van der Waals surface area contributed by atoms with Gasteiger partial charge >= 0.3 is 5.97 Å². The summed E-state index contributed by atoms with van der Waals surface area (Å²) in [6.07, 6.45) is 0. The van der Waals surface area contributed by atoms with E-state index in [1.54, 1.807) is 45.0 Å². The first-order valence-electron chi connectivity index (χ1n) is 7.84. The van der Waals surface area contributed by atoms with Gasteiger partial charge in [0.05, 0.1) is 23.7 Å². The summed E-state index contributed by atoms with van der Waals surface area (Å²) in [6, 6.07) is 6.96. The summed E-state index contributed by atoms with van der Waals surface area (Å²) in [5.41, 5.74) is 0.943. The summed E-state index contributed by atoms with van der Waals surface area (Å²) in [7, 11) is 0. The van der Waals surface area contributed by atoms with Crippen LogP contribution in [0.15, 0.2) is 40.4 Å². The Bertz CT molecular complexity index is 916. The highest BCUT2D eigenvalue weighted by molar-refractivity contribution is 6.30. The summed E-state index contributed by atoms with van der Waals surface area (Å²) >= 11 is 5.97. The van der Waals surface area contributed by atoms with Crippen molar-refractivity contribution < 1.29 is 14.3 Å². The number of aromatic amines is 1. The summed E-state index contributed by atoms with van der Waals surface area (Å²) in [5, 5.41) is 0.561. The number of hydrogen-bond acceptors (Lipinski definition) is 5. The third-order valence-corrected chi connectivity index (χ3v) is 4.20. The number of rotatable bonds is 3. The standard InChI is InChI=1S/C18H17ClN2O4/c1-4-24-18(23)13-9(2)25-17-15(16(22)20-10(3)21-17)14(13)11-5-7-12(19)8-6-11/h5-8,14H,4H2,1-3H3,(H,20,21,22). The molecule has 1 atom stereocenters. The van der Waals surface area contributed by atoms with Crippen LogP contribution in [-0.2, 0) is 9.53 Å². The lowest BCUT2D eigenvalue weighted by Crippen LogP contribution is -2.30. The second kappa shape index (κ2) is 6.72. The number of carbonyl (C=O) groups is 1. The number of carbonyl (C=O) groups excluding carboxylic acids is 1. The zero-order valence-electron chi connectivity index (χ0n) is 14.1. The number of benzene rings is 1. The predicted octanol–water partition coefficient (Wildman–Crippen LogP) is 3.09. The average molecular weight is 361 g/mol. The Kier molecular flexibility index (Phi) is 4.63. The van der Waals surface area contributed by atoms with Gasteiger partial charge in [-0.15, -0.1) is 0 Å². The van der Waals surface area contributed by atoms with Gasteiger partial charge in [0.1, 0.15) is 11.6 Å². The molecular weight excluding hydrogens is 344 g/mol. The smallest absolute Gasteiger partial charge is 0.338 e. The van der Waals surface area contributed by atoms with E-state index in [9.17, 15) is 9.59 Å². The Morgan fingerprint density at radius 1 is 1.32 bits per heavy atom. The molecule has 1 aromatic carbocycles. The van der Waals surface area contributed by atoms with Crippen LogP contribution in [0.25, 0.3) is 0 Å². The molecule has 0 saturated carbocycles. The number of aromatic nitrogens is 2. The Morgan fingerprint density at radius 2 is 2.00 bits per heavy atom. The number of nitrogens with one attached hydrogen (secondary N) is 1. The minimum absolute atomic E-state index is 0.201. The van der Waals surface area contributed by atoms with Gasteiger partial charge in [0, 0.05) is 5.02 Å². The van der Waals surface area contributed by atoms with Crippen LogP contribution in [0, 0.1) is 6.92 Å². The van der Waals surface area contributed by atoms with Crippen molar-refractivity contribution in [1.29, 1.82) is 0 Å². The van der Waals surface area contributed by atoms with Gasteiger partial charge in [0.2, 0.25) is 5.88 Å². The Morgan fingerprint density at radius 3 is 2.64 bits per heavy atom. The fraction of sp³-hybridized carbons (Fsp3) is 0.278. The van der Waals surface area contributed by atoms with Crippen LogP contribution >= 0.6 is 11.6 Å². The molecule has 6 nitrogen and oxygen atoms in total. The minimum atomic E-state index is -0.642. The Labute approximate surface area is 149 Å². The van der Waals surface area contributed by atoms with E-state index in [4.69, 9.17) is 21.1 Å². The van der Waals surface area contributed by atoms with Crippen LogP contribution < -0.4 is 10.3 Å². The van der Waals surface area contributed by atoms with E-state index in [2.05, 4.69) is 9.97 Å². The topological polar surface area (TPSA) is 81.3 Å². The van der Waals surface area contributed by atoms with Crippen LogP contribution in [0.2, 0.25) is 5.02 Å². The Hall–Kier alpha value is -2.60. The molecule has 7 heteroatoms. The number of ether oxygens (including phenoxy) is 2. The van der Waals surface area contributed by atoms with Crippen LogP contribution in [0.3, 0.4) is 0 Å². The van der Waals surface area contributed by atoms with Crippen molar-refractivity contribution in [3.8, 4) is 5.88 Å². The van der Waals surface area contributed by atoms with Crippen molar-refractivity contribution in [1.82, 2.24) is 9.97 Å². The minimum Gasteiger partial charge on any atom is -0.463 e. The van der Waals surface area contributed by atoms with Gasteiger partial charge in [0.25, 0.3) is 5.56 Å². The van der Waals surface area contributed by atoms with Gasteiger partial charge in [-0.25, -0.2) is 4.79 Å². The van der Waals surface area contributed by atoms with Gasteiger partial charge < -0.3 is 14.5 Å². The molecule has 0 radical (unpaired) electrons. The van der Waals surface area contributed by atoms with Crippen molar-refractivity contribution in [3.63, 3.8) is 0 Å². The quantitative estimate of drug-likeness (QED) is 0.850. The van der Waals surface area contributed by atoms with Gasteiger partial charge in [-0.2, -0.15) is 4.98 Å². The highest BCUT2D eigenvalue weighted by Crippen LogP contribution is 2.41.